The van der Waals surface area contributed by atoms with Crippen LogP contribution in [0.1, 0.15) is 59.3 Å². The average Bonchev–Trinajstić information content (AvgIpc) is 2.77. The first-order valence-corrected chi connectivity index (χ1v) is 9.14. The van der Waals surface area contributed by atoms with Crippen molar-refractivity contribution in [2.75, 3.05) is 0 Å². The first-order valence-electron chi connectivity index (χ1n) is 9.14. The number of hydrogen-bond donors (Lipinski definition) is 2. The lowest BCUT2D eigenvalue weighted by molar-refractivity contribution is -0.0522. The summed E-state index contributed by atoms with van der Waals surface area (Å²) in [5.41, 5.74) is 3.21. The van der Waals surface area contributed by atoms with Crippen molar-refractivity contribution in [2.45, 2.75) is 71.5 Å². The molecule has 22 heavy (non-hydrogen) atoms. The fourth-order valence-electron chi connectivity index (χ4n) is 6.30. The standard InChI is InChI=1S/C20H30O2/c1-12-4-7-16-15-6-5-13-10-14(21)11-18(22)20(13,3)17(15)8-9-19(12,16)2/h5-6,12,14,16-18,21-22H,4,7-11H2,1-3H3/t12-,14?,16?,17?,18?,19+,20?/m0/s1. The average molecular weight is 302 g/mol. The topological polar surface area (TPSA) is 40.5 Å². The largest absolute Gasteiger partial charge is 0.393 e. The molecule has 0 aromatic carbocycles. The van der Waals surface area contributed by atoms with E-state index in [1.807, 2.05) is 0 Å². The van der Waals surface area contributed by atoms with E-state index < -0.39 is 6.10 Å². The number of aliphatic hydroxyl groups is 2. The summed E-state index contributed by atoms with van der Waals surface area (Å²) in [6.07, 6.45) is 10.3. The summed E-state index contributed by atoms with van der Waals surface area (Å²) in [6, 6.07) is 0. The molecule has 0 amide bonds. The molecule has 4 rings (SSSR count). The van der Waals surface area contributed by atoms with Gasteiger partial charge in [0.2, 0.25) is 0 Å². The van der Waals surface area contributed by atoms with E-state index in [2.05, 4.69) is 32.9 Å². The highest BCUT2D eigenvalue weighted by atomic mass is 16.3. The lowest BCUT2D eigenvalue weighted by Gasteiger charge is -2.56. The Balaban J connectivity index is 1.76. The van der Waals surface area contributed by atoms with E-state index in [4.69, 9.17) is 0 Å². The van der Waals surface area contributed by atoms with E-state index in [-0.39, 0.29) is 11.5 Å². The van der Waals surface area contributed by atoms with Crippen molar-refractivity contribution < 1.29 is 10.2 Å². The van der Waals surface area contributed by atoms with Crippen LogP contribution in [0.25, 0.3) is 0 Å². The SMILES string of the molecule is C[C@H]1CCC2C3=CC=C4CC(O)CC(O)C4(C)C3CC[C@@]21C. The molecule has 0 aliphatic heterocycles. The minimum Gasteiger partial charge on any atom is -0.393 e. The Morgan fingerprint density at radius 2 is 1.82 bits per heavy atom. The van der Waals surface area contributed by atoms with Crippen LogP contribution in [0.4, 0.5) is 0 Å². The maximum absolute atomic E-state index is 10.8. The van der Waals surface area contributed by atoms with E-state index in [9.17, 15) is 10.2 Å². The number of rotatable bonds is 0. The van der Waals surface area contributed by atoms with E-state index in [0.29, 0.717) is 23.7 Å². The van der Waals surface area contributed by atoms with Crippen LogP contribution >= 0.6 is 0 Å². The predicted molar refractivity (Wildman–Crippen MR) is 88.2 cm³/mol. The van der Waals surface area contributed by atoms with Gasteiger partial charge >= 0.3 is 0 Å². The highest BCUT2D eigenvalue weighted by Gasteiger charge is 2.57. The van der Waals surface area contributed by atoms with Crippen LogP contribution < -0.4 is 0 Å². The van der Waals surface area contributed by atoms with Gasteiger partial charge in [-0.1, -0.05) is 44.1 Å². The summed E-state index contributed by atoms with van der Waals surface area (Å²) >= 11 is 0. The summed E-state index contributed by atoms with van der Waals surface area (Å²) < 4.78 is 0. The maximum Gasteiger partial charge on any atom is 0.0661 e. The van der Waals surface area contributed by atoms with Gasteiger partial charge in [-0.25, -0.2) is 0 Å². The maximum atomic E-state index is 10.8. The van der Waals surface area contributed by atoms with Gasteiger partial charge in [-0.2, -0.15) is 0 Å². The molecule has 5 unspecified atom stereocenters. The first kappa shape index (κ1) is 15.0. The zero-order valence-corrected chi connectivity index (χ0v) is 14.2. The molecule has 0 saturated heterocycles. The molecule has 0 aromatic rings. The Hall–Kier alpha value is -0.600. The van der Waals surface area contributed by atoms with Gasteiger partial charge in [-0.3, -0.25) is 0 Å². The minimum absolute atomic E-state index is 0.142. The Bertz CT molecular complexity index is 548. The normalized spacial score (nSPS) is 54.0. The summed E-state index contributed by atoms with van der Waals surface area (Å²) in [6.45, 7) is 7.18. The molecule has 2 heteroatoms. The monoisotopic (exact) mass is 302 g/mol. The highest BCUT2D eigenvalue weighted by molar-refractivity contribution is 5.39. The quantitative estimate of drug-likeness (QED) is 0.714. The van der Waals surface area contributed by atoms with Gasteiger partial charge in [0.05, 0.1) is 12.2 Å². The zero-order chi connectivity index (χ0) is 15.7. The third-order valence-corrected chi connectivity index (χ3v) is 8.12. The molecule has 3 fully saturated rings. The lowest BCUT2D eigenvalue weighted by atomic mass is 9.50. The molecule has 0 spiro atoms. The van der Waals surface area contributed by atoms with E-state index in [1.54, 1.807) is 5.57 Å². The van der Waals surface area contributed by atoms with Gasteiger partial charge in [-0.05, 0) is 55.3 Å². The van der Waals surface area contributed by atoms with Crippen LogP contribution in [-0.2, 0) is 0 Å². The number of fused-ring (bicyclic) bond motifs is 5. The summed E-state index contributed by atoms with van der Waals surface area (Å²) in [5, 5.41) is 20.8. The van der Waals surface area contributed by atoms with Crippen molar-refractivity contribution in [1.82, 2.24) is 0 Å². The molecular formula is C20H30O2. The van der Waals surface area contributed by atoms with Gasteiger partial charge < -0.3 is 10.2 Å². The van der Waals surface area contributed by atoms with Crippen LogP contribution in [0.15, 0.2) is 23.3 Å². The summed E-state index contributed by atoms with van der Waals surface area (Å²) in [5.74, 6) is 2.00. The van der Waals surface area contributed by atoms with Gasteiger partial charge in [0.15, 0.2) is 0 Å². The molecule has 2 N–H and O–H groups in total. The Morgan fingerprint density at radius 1 is 1.05 bits per heavy atom. The van der Waals surface area contributed by atoms with E-state index in [1.165, 1.54) is 31.3 Å². The molecule has 122 valence electrons. The third-order valence-electron chi connectivity index (χ3n) is 8.12. The molecular weight excluding hydrogens is 272 g/mol. The molecule has 0 radical (unpaired) electrons. The van der Waals surface area contributed by atoms with Crippen molar-refractivity contribution in [3.8, 4) is 0 Å². The molecule has 4 aliphatic carbocycles. The highest BCUT2D eigenvalue weighted by Crippen LogP contribution is 2.64. The van der Waals surface area contributed by atoms with Crippen molar-refractivity contribution in [3.05, 3.63) is 23.3 Å². The Morgan fingerprint density at radius 3 is 2.59 bits per heavy atom. The predicted octanol–water partition coefficient (Wildman–Crippen LogP) is 3.84. The van der Waals surface area contributed by atoms with Crippen molar-refractivity contribution >= 4 is 0 Å². The van der Waals surface area contributed by atoms with Crippen LogP contribution in [0.3, 0.4) is 0 Å². The van der Waals surface area contributed by atoms with Crippen LogP contribution in [-0.4, -0.2) is 22.4 Å². The second-order valence-corrected chi connectivity index (χ2v) is 8.88. The van der Waals surface area contributed by atoms with E-state index in [0.717, 1.165) is 12.3 Å². The molecule has 2 nitrogen and oxygen atoms in total. The fraction of sp³-hybridized carbons (Fsp3) is 0.800. The molecule has 3 saturated carbocycles. The second kappa shape index (κ2) is 4.70. The van der Waals surface area contributed by atoms with Crippen molar-refractivity contribution in [1.29, 1.82) is 0 Å². The molecule has 7 atom stereocenters. The molecule has 0 bridgehead atoms. The van der Waals surface area contributed by atoms with E-state index >= 15 is 0 Å². The van der Waals surface area contributed by atoms with Crippen molar-refractivity contribution in [2.24, 2.45) is 28.6 Å². The smallest absolute Gasteiger partial charge is 0.0661 e. The molecule has 0 heterocycles. The van der Waals surface area contributed by atoms with Gasteiger partial charge in [-0.15, -0.1) is 0 Å². The molecule has 0 aromatic heterocycles. The summed E-state index contributed by atoms with van der Waals surface area (Å²) in [4.78, 5) is 0. The summed E-state index contributed by atoms with van der Waals surface area (Å²) in [7, 11) is 0. The fourth-order valence-corrected chi connectivity index (χ4v) is 6.30. The van der Waals surface area contributed by atoms with Gasteiger partial charge in [0.25, 0.3) is 0 Å². The lowest BCUT2D eigenvalue weighted by Crippen LogP contribution is -2.52. The first-order chi connectivity index (χ1) is 10.4. The van der Waals surface area contributed by atoms with Crippen molar-refractivity contribution in [3.63, 3.8) is 0 Å². The number of hydrogen-bond acceptors (Lipinski definition) is 2. The minimum atomic E-state index is -0.403. The van der Waals surface area contributed by atoms with Crippen LogP contribution in [0, 0.1) is 28.6 Å². The van der Waals surface area contributed by atoms with Gasteiger partial charge in [0.1, 0.15) is 0 Å². The Kier molecular flexibility index (Phi) is 3.20. The van der Waals surface area contributed by atoms with Crippen LogP contribution in [0.5, 0.6) is 0 Å². The number of aliphatic hydroxyl groups excluding tert-OH is 2. The Labute approximate surface area is 134 Å². The van der Waals surface area contributed by atoms with Gasteiger partial charge in [0, 0.05) is 11.8 Å². The second-order valence-electron chi connectivity index (χ2n) is 8.88. The number of allylic oxidation sites excluding steroid dienone is 3. The van der Waals surface area contributed by atoms with Crippen LogP contribution in [0.2, 0.25) is 0 Å². The molecule has 4 aliphatic rings. The zero-order valence-electron chi connectivity index (χ0n) is 14.2. The third kappa shape index (κ3) is 1.74.